The van der Waals surface area contributed by atoms with E-state index in [4.69, 9.17) is 9.26 Å². The van der Waals surface area contributed by atoms with E-state index in [-0.39, 0.29) is 29.8 Å². The molecular formula is C21H29NO5Si. The molecule has 0 bridgehead atoms. The number of amides is 1. The third kappa shape index (κ3) is 3.59. The Balaban J connectivity index is 1.80. The Morgan fingerprint density at radius 2 is 1.86 bits per heavy atom. The van der Waals surface area contributed by atoms with Gasteiger partial charge in [-0.25, -0.2) is 5.06 Å². The Morgan fingerprint density at radius 1 is 1.21 bits per heavy atom. The maximum Gasteiger partial charge on any atom is 0.249 e. The highest BCUT2D eigenvalue weighted by molar-refractivity contribution is 6.74. The van der Waals surface area contributed by atoms with Crippen molar-refractivity contribution in [3.63, 3.8) is 0 Å². The highest BCUT2D eigenvalue weighted by Crippen LogP contribution is 2.44. The number of benzene rings is 1. The molecule has 0 saturated carbocycles. The van der Waals surface area contributed by atoms with Crippen molar-refractivity contribution in [2.45, 2.75) is 69.7 Å². The average Bonchev–Trinajstić information content (AvgIpc) is 2.61. The number of carbonyl (C=O) groups is 2. The first-order valence-electron chi connectivity index (χ1n) is 9.57. The second-order valence-corrected chi connectivity index (χ2v) is 13.9. The Hall–Kier alpha value is -1.80. The molecule has 1 aliphatic heterocycles. The molecule has 1 aliphatic carbocycles. The summed E-state index contributed by atoms with van der Waals surface area (Å²) in [6, 6.07) is 9.49. The molecule has 1 aromatic carbocycles. The van der Waals surface area contributed by atoms with Crippen LogP contribution in [0, 0.1) is 0 Å². The van der Waals surface area contributed by atoms with E-state index in [0.717, 1.165) is 5.56 Å². The molecule has 6 nitrogen and oxygen atoms in total. The number of aliphatic hydroxyl groups is 1. The first-order valence-corrected chi connectivity index (χ1v) is 12.5. The molecule has 3 rings (SSSR count). The maximum atomic E-state index is 12.5. The van der Waals surface area contributed by atoms with E-state index < -0.39 is 26.1 Å². The maximum absolute atomic E-state index is 12.5. The predicted octanol–water partition coefficient (Wildman–Crippen LogP) is 2.98. The van der Waals surface area contributed by atoms with Gasteiger partial charge in [-0.05, 0) is 35.8 Å². The summed E-state index contributed by atoms with van der Waals surface area (Å²) in [6.45, 7) is 10.5. The zero-order valence-corrected chi connectivity index (χ0v) is 18.1. The number of rotatable bonds is 5. The Kier molecular flexibility index (Phi) is 5.40. The van der Waals surface area contributed by atoms with Crippen LogP contribution in [0.1, 0.15) is 32.8 Å². The smallest absolute Gasteiger partial charge is 0.249 e. The van der Waals surface area contributed by atoms with Crippen LogP contribution < -0.4 is 0 Å². The molecule has 1 aromatic rings. The highest BCUT2D eigenvalue weighted by atomic mass is 28.4. The summed E-state index contributed by atoms with van der Waals surface area (Å²) in [6.07, 6.45) is 0.909. The van der Waals surface area contributed by atoms with Crippen molar-refractivity contribution in [3.05, 3.63) is 48.0 Å². The van der Waals surface area contributed by atoms with Gasteiger partial charge in [0.25, 0.3) is 0 Å². The quantitative estimate of drug-likeness (QED) is 0.604. The molecule has 1 amide bonds. The Morgan fingerprint density at radius 3 is 2.43 bits per heavy atom. The monoisotopic (exact) mass is 403 g/mol. The average molecular weight is 404 g/mol. The normalized spacial score (nSPS) is 28.0. The lowest BCUT2D eigenvalue weighted by Gasteiger charge is -2.54. The lowest BCUT2D eigenvalue weighted by molar-refractivity contribution is -0.274. The van der Waals surface area contributed by atoms with E-state index in [1.165, 1.54) is 11.1 Å². The molecule has 1 spiro atoms. The van der Waals surface area contributed by atoms with Crippen LogP contribution in [0.25, 0.3) is 0 Å². The van der Waals surface area contributed by atoms with E-state index >= 15 is 0 Å². The molecule has 3 atom stereocenters. The second-order valence-electron chi connectivity index (χ2n) is 9.09. The van der Waals surface area contributed by atoms with Gasteiger partial charge in [-0.2, -0.15) is 0 Å². The fourth-order valence-electron chi connectivity index (χ4n) is 3.24. The molecule has 7 heteroatoms. The third-order valence-corrected chi connectivity index (χ3v) is 10.5. The second kappa shape index (κ2) is 7.22. The first kappa shape index (κ1) is 20.9. The van der Waals surface area contributed by atoms with Crippen LogP contribution >= 0.6 is 0 Å². The summed E-state index contributed by atoms with van der Waals surface area (Å²) < 4.78 is 6.24. The third-order valence-electron chi connectivity index (χ3n) is 6.09. The molecular weight excluding hydrogens is 374 g/mol. The zero-order valence-electron chi connectivity index (χ0n) is 17.1. The lowest BCUT2D eigenvalue weighted by Crippen LogP contribution is -2.73. The van der Waals surface area contributed by atoms with Crippen LogP contribution in [0.5, 0.6) is 0 Å². The Labute approximate surface area is 167 Å². The molecule has 1 heterocycles. The highest BCUT2D eigenvalue weighted by Gasteiger charge is 2.61. The van der Waals surface area contributed by atoms with Gasteiger partial charge in [-0.1, -0.05) is 51.1 Å². The summed E-state index contributed by atoms with van der Waals surface area (Å²) in [4.78, 5) is 30.5. The van der Waals surface area contributed by atoms with Crippen LogP contribution in [0.15, 0.2) is 42.5 Å². The van der Waals surface area contributed by atoms with Crippen molar-refractivity contribution in [1.29, 1.82) is 0 Å². The predicted molar refractivity (Wildman–Crippen MR) is 108 cm³/mol. The summed E-state index contributed by atoms with van der Waals surface area (Å²) >= 11 is 0. The molecule has 28 heavy (non-hydrogen) atoms. The van der Waals surface area contributed by atoms with Crippen LogP contribution in [0.4, 0.5) is 0 Å². The van der Waals surface area contributed by atoms with E-state index in [1.807, 2.05) is 43.4 Å². The summed E-state index contributed by atoms with van der Waals surface area (Å²) in [5, 5.41) is 12.2. The number of hydrogen-bond donors (Lipinski definition) is 1. The minimum Gasteiger partial charge on any atom is -0.404 e. The number of carbonyl (C=O) groups excluding carboxylic acids is 2. The topological polar surface area (TPSA) is 76.1 Å². The van der Waals surface area contributed by atoms with E-state index in [2.05, 4.69) is 20.8 Å². The molecule has 0 aromatic heterocycles. The van der Waals surface area contributed by atoms with Crippen molar-refractivity contribution in [3.8, 4) is 0 Å². The van der Waals surface area contributed by atoms with Gasteiger partial charge in [0.05, 0.1) is 6.42 Å². The minimum atomic E-state index is -2.30. The van der Waals surface area contributed by atoms with E-state index in [9.17, 15) is 14.7 Å². The number of nitrogens with zero attached hydrogens (tertiary/aromatic N) is 1. The van der Waals surface area contributed by atoms with Crippen LogP contribution in [-0.2, 0) is 25.5 Å². The van der Waals surface area contributed by atoms with Crippen molar-refractivity contribution >= 4 is 20.0 Å². The minimum absolute atomic E-state index is 0.0874. The summed E-state index contributed by atoms with van der Waals surface area (Å²) in [5.74, 6) is -0.495. The molecule has 1 saturated heterocycles. The van der Waals surface area contributed by atoms with Crippen LogP contribution in [0.3, 0.4) is 0 Å². The molecule has 2 aliphatic rings. The van der Waals surface area contributed by atoms with E-state index in [1.54, 1.807) is 6.08 Å². The molecule has 1 N–H and O–H groups in total. The van der Waals surface area contributed by atoms with Crippen molar-refractivity contribution in [2.24, 2.45) is 0 Å². The lowest BCUT2D eigenvalue weighted by atomic mass is 9.74. The number of hydrogen-bond acceptors (Lipinski definition) is 5. The van der Waals surface area contributed by atoms with Gasteiger partial charge in [0.1, 0.15) is 24.4 Å². The molecule has 0 radical (unpaired) electrons. The summed E-state index contributed by atoms with van der Waals surface area (Å²) in [7, 11) is -2.30. The van der Waals surface area contributed by atoms with E-state index in [0.29, 0.717) is 0 Å². The van der Waals surface area contributed by atoms with Gasteiger partial charge in [0.2, 0.25) is 5.91 Å². The molecule has 0 unspecified atom stereocenters. The van der Waals surface area contributed by atoms with Crippen molar-refractivity contribution in [1.82, 2.24) is 5.06 Å². The SMILES string of the molecule is CC(C)(C)[Si](C)(C)O[C@@H]1C(=O)C=C[C@]2(CC(=O)N2OCc2ccccc2)[C@@H]1O. The fourth-order valence-corrected chi connectivity index (χ4v) is 4.47. The molecule has 1 fully saturated rings. The number of ketones is 1. The first-order chi connectivity index (χ1) is 13.0. The van der Waals surface area contributed by atoms with Crippen LogP contribution in [-0.4, -0.2) is 47.9 Å². The van der Waals surface area contributed by atoms with Crippen molar-refractivity contribution in [2.75, 3.05) is 0 Å². The Bertz CT molecular complexity index is 786. The zero-order chi connectivity index (χ0) is 20.7. The van der Waals surface area contributed by atoms with Gasteiger partial charge in [0.15, 0.2) is 14.1 Å². The van der Waals surface area contributed by atoms with Gasteiger partial charge in [-0.3, -0.25) is 14.4 Å². The van der Waals surface area contributed by atoms with Gasteiger partial charge in [0, 0.05) is 0 Å². The fraction of sp³-hybridized carbons (Fsp3) is 0.524. The summed E-state index contributed by atoms with van der Waals surface area (Å²) in [5.41, 5.74) is -0.149. The number of aliphatic hydroxyl groups excluding tert-OH is 1. The van der Waals surface area contributed by atoms with Crippen LogP contribution in [0.2, 0.25) is 18.1 Å². The van der Waals surface area contributed by atoms with Gasteiger partial charge in [-0.15, -0.1) is 0 Å². The van der Waals surface area contributed by atoms with Gasteiger partial charge >= 0.3 is 0 Å². The largest absolute Gasteiger partial charge is 0.404 e. The number of β-lactam (4-membered cyclic amide) rings is 1. The standard InChI is InChI=1S/C21H29NO5Si/c1-20(2,3)28(4,5)27-18-16(23)11-12-21(19(18)25)13-17(24)22(21)26-14-15-9-7-6-8-10-15/h6-12,18-19,25H,13-14H2,1-5H3/t18-,19-,21+/m1/s1. The number of hydroxylamine groups is 2. The van der Waals surface area contributed by atoms with Crippen molar-refractivity contribution < 1.29 is 24.0 Å². The molecule has 152 valence electrons. The van der Waals surface area contributed by atoms with Gasteiger partial charge < -0.3 is 9.53 Å².